The summed E-state index contributed by atoms with van der Waals surface area (Å²) in [6.45, 7) is 5.13. The van der Waals surface area contributed by atoms with Crippen molar-refractivity contribution in [1.82, 2.24) is 9.55 Å². The Labute approximate surface area is 95.9 Å². The molecule has 0 amide bonds. The lowest BCUT2D eigenvalue weighted by Crippen LogP contribution is -2.06. The summed E-state index contributed by atoms with van der Waals surface area (Å²) in [6, 6.07) is 7.97. The molecule has 1 aromatic carbocycles. The lowest BCUT2D eigenvalue weighted by Gasteiger charge is -2.10. The van der Waals surface area contributed by atoms with E-state index in [1.807, 2.05) is 30.6 Å². The van der Waals surface area contributed by atoms with Gasteiger partial charge < -0.3 is 10.3 Å². The van der Waals surface area contributed by atoms with Crippen molar-refractivity contribution < 1.29 is 0 Å². The van der Waals surface area contributed by atoms with Crippen molar-refractivity contribution in [2.24, 2.45) is 0 Å². The third-order valence-electron chi connectivity index (χ3n) is 2.57. The fourth-order valence-electron chi connectivity index (χ4n) is 1.84. The first kappa shape index (κ1) is 10.7. The standard InChI is InChI=1S/C13H17N3/c1-10(2)13-15-6-7-16(13)9-11-4-3-5-12(14)8-11/h3-8,10H,9,14H2,1-2H3. The molecule has 0 spiro atoms. The largest absolute Gasteiger partial charge is 0.399 e. The van der Waals surface area contributed by atoms with Crippen LogP contribution in [0.4, 0.5) is 5.69 Å². The second kappa shape index (κ2) is 4.39. The number of hydrogen-bond donors (Lipinski definition) is 1. The van der Waals surface area contributed by atoms with Gasteiger partial charge in [-0.3, -0.25) is 0 Å². The van der Waals surface area contributed by atoms with Crippen molar-refractivity contribution in [3.63, 3.8) is 0 Å². The Morgan fingerprint density at radius 1 is 1.38 bits per heavy atom. The van der Waals surface area contributed by atoms with Crippen LogP contribution in [0.25, 0.3) is 0 Å². The molecule has 0 bridgehead atoms. The Hall–Kier alpha value is -1.77. The lowest BCUT2D eigenvalue weighted by molar-refractivity contribution is 0.670. The number of nitrogens with zero attached hydrogens (tertiary/aromatic N) is 2. The van der Waals surface area contributed by atoms with E-state index in [-0.39, 0.29) is 0 Å². The molecule has 0 aliphatic heterocycles. The number of nitrogen functional groups attached to an aromatic ring is 1. The highest BCUT2D eigenvalue weighted by Gasteiger charge is 2.07. The van der Waals surface area contributed by atoms with E-state index >= 15 is 0 Å². The zero-order chi connectivity index (χ0) is 11.5. The van der Waals surface area contributed by atoms with Crippen molar-refractivity contribution >= 4 is 5.69 Å². The van der Waals surface area contributed by atoms with Crippen LogP contribution in [0.1, 0.15) is 31.2 Å². The fourth-order valence-corrected chi connectivity index (χ4v) is 1.84. The van der Waals surface area contributed by atoms with Crippen LogP contribution < -0.4 is 5.73 Å². The van der Waals surface area contributed by atoms with Crippen LogP contribution in [-0.4, -0.2) is 9.55 Å². The number of benzene rings is 1. The molecule has 16 heavy (non-hydrogen) atoms. The molecule has 1 heterocycles. The van der Waals surface area contributed by atoms with Crippen molar-refractivity contribution in [3.8, 4) is 0 Å². The Kier molecular flexibility index (Phi) is 2.95. The van der Waals surface area contributed by atoms with Gasteiger partial charge in [0.2, 0.25) is 0 Å². The van der Waals surface area contributed by atoms with Crippen molar-refractivity contribution in [2.45, 2.75) is 26.3 Å². The van der Waals surface area contributed by atoms with E-state index in [1.165, 1.54) is 5.56 Å². The maximum Gasteiger partial charge on any atom is 0.111 e. The third kappa shape index (κ3) is 2.24. The Bertz CT molecular complexity index is 472. The first-order valence-corrected chi connectivity index (χ1v) is 5.52. The predicted molar refractivity (Wildman–Crippen MR) is 66.3 cm³/mol. The molecule has 1 aromatic heterocycles. The molecule has 0 radical (unpaired) electrons. The summed E-state index contributed by atoms with van der Waals surface area (Å²) in [5.74, 6) is 1.55. The smallest absolute Gasteiger partial charge is 0.111 e. The fraction of sp³-hybridized carbons (Fsp3) is 0.308. The molecule has 3 heteroatoms. The van der Waals surface area contributed by atoms with E-state index in [1.54, 1.807) is 0 Å². The van der Waals surface area contributed by atoms with E-state index in [0.717, 1.165) is 18.1 Å². The SMILES string of the molecule is CC(C)c1nccn1Cc1cccc(N)c1. The number of hydrogen-bond acceptors (Lipinski definition) is 2. The lowest BCUT2D eigenvalue weighted by atomic mass is 10.2. The minimum atomic E-state index is 0.441. The zero-order valence-electron chi connectivity index (χ0n) is 9.72. The van der Waals surface area contributed by atoms with Crippen LogP contribution in [0.2, 0.25) is 0 Å². The van der Waals surface area contributed by atoms with Gasteiger partial charge in [-0.05, 0) is 17.7 Å². The highest BCUT2D eigenvalue weighted by atomic mass is 15.1. The predicted octanol–water partition coefficient (Wildman–Crippen LogP) is 2.64. The maximum atomic E-state index is 5.76. The van der Waals surface area contributed by atoms with Crippen LogP contribution in [0.5, 0.6) is 0 Å². The molecule has 0 aliphatic carbocycles. The van der Waals surface area contributed by atoms with Crippen LogP contribution in [0.3, 0.4) is 0 Å². The van der Waals surface area contributed by atoms with Gasteiger partial charge in [0.05, 0.1) is 0 Å². The molecule has 3 nitrogen and oxygen atoms in total. The number of imidazole rings is 1. The summed E-state index contributed by atoms with van der Waals surface area (Å²) in [4.78, 5) is 4.37. The molecule has 2 N–H and O–H groups in total. The normalized spacial score (nSPS) is 10.9. The van der Waals surface area contributed by atoms with Crippen LogP contribution in [0, 0.1) is 0 Å². The second-order valence-corrected chi connectivity index (χ2v) is 4.31. The van der Waals surface area contributed by atoms with Gasteiger partial charge in [-0.2, -0.15) is 0 Å². The maximum absolute atomic E-state index is 5.76. The van der Waals surface area contributed by atoms with Crippen LogP contribution in [-0.2, 0) is 6.54 Å². The molecule has 0 atom stereocenters. The number of rotatable bonds is 3. The second-order valence-electron chi connectivity index (χ2n) is 4.31. The Morgan fingerprint density at radius 2 is 2.19 bits per heavy atom. The zero-order valence-corrected chi connectivity index (χ0v) is 9.72. The molecular weight excluding hydrogens is 198 g/mol. The van der Waals surface area contributed by atoms with Gasteiger partial charge in [0.1, 0.15) is 5.82 Å². The number of nitrogens with two attached hydrogens (primary N) is 1. The summed E-state index contributed by atoms with van der Waals surface area (Å²) in [7, 11) is 0. The summed E-state index contributed by atoms with van der Waals surface area (Å²) in [5.41, 5.74) is 7.78. The Balaban J connectivity index is 2.24. The Morgan fingerprint density at radius 3 is 2.88 bits per heavy atom. The van der Waals surface area contributed by atoms with E-state index in [9.17, 15) is 0 Å². The van der Waals surface area contributed by atoms with Crippen molar-refractivity contribution in [2.75, 3.05) is 5.73 Å². The van der Waals surface area contributed by atoms with Gasteiger partial charge in [0, 0.05) is 30.5 Å². The minimum Gasteiger partial charge on any atom is -0.399 e. The highest BCUT2D eigenvalue weighted by Crippen LogP contribution is 2.15. The molecule has 0 saturated heterocycles. The average Bonchev–Trinajstić information content (AvgIpc) is 2.66. The van der Waals surface area contributed by atoms with Crippen LogP contribution >= 0.6 is 0 Å². The summed E-state index contributed by atoms with van der Waals surface area (Å²) in [5, 5.41) is 0. The number of anilines is 1. The molecule has 84 valence electrons. The van der Waals surface area contributed by atoms with Gasteiger partial charge in [0.15, 0.2) is 0 Å². The minimum absolute atomic E-state index is 0.441. The topological polar surface area (TPSA) is 43.8 Å². The average molecular weight is 215 g/mol. The molecular formula is C13H17N3. The molecule has 0 fully saturated rings. The van der Waals surface area contributed by atoms with E-state index in [0.29, 0.717) is 5.92 Å². The van der Waals surface area contributed by atoms with Crippen molar-refractivity contribution in [1.29, 1.82) is 0 Å². The van der Waals surface area contributed by atoms with Gasteiger partial charge in [-0.15, -0.1) is 0 Å². The molecule has 0 aliphatic rings. The van der Waals surface area contributed by atoms with E-state index < -0.39 is 0 Å². The van der Waals surface area contributed by atoms with E-state index in [4.69, 9.17) is 5.73 Å². The molecule has 0 saturated carbocycles. The first-order chi connectivity index (χ1) is 7.66. The van der Waals surface area contributed by atoms with Crippen molar-refractivity contribution in [3.05, 3.63) is 48.0 Å². The first-order valence-electron chi connectivity index (χ1n) is 5.52. The van der Waals surface area contributed by atoms with Crippen LogP contribution in [0.15, 0.2) is 36.7 Å². The summed E-state index contributed by atoms with van der Waals surface area (Å²) >= 11 is 0. The summed E-state index contributed by atoms with van der Waals surface area (Å²) in [6.07, 6.45) is 3.86. The highest BCUT2D eigenvalue weighted by molar-refractivity contribution is 5.40. The van der Waals surface area contributed by atoms with Gasteiger partial charge in [0.25, 0.3) is 0 Å². The number of aromatic nitrogens is 2. The van der Waals surface area contributed by atoms with Gasteiger partial charge in [-0.25, -0.2) is 4.98 Å². The van der Waals surface area contributed by atoms with Gasteiger partial charge >= 0.3 is 0 Å². The quantitative estimate of drug-likeness (QED) is 0.800. The van der Waals surface area contributed by atoms with Gasteiger partial charge in [-0.1, -0.05) is 26.0 Å². The third-order valence-corrected chi connectivity index (χ3v) is 2.57. The summed E-state index contributed by atoms with van der Waals surface area (Å²) < 4.78 is 2.17. The molecule has 2 rings (SSSR count). The van der Waals surface area contributed by atoms with E-state index in [2.05, 4.69) is 29.5 Å². The monoisotopic (exact) mass is 215 g/mol. The molecule has 0 unspecified atom stereocenters. The molecule has 2 aromatic rings.